The number of amides is 2. The highest BCUT2D eigenvalue weighted by molar-refractivity contribution is 7.91. The van der Waals surface area contributed by atoms with Crippen molar-refractivity contribution in [1.82, 2.24) is 10.2 Å². The predicted octanol–water partition coefficient (Wildman–Crippen LogP) is 0.225. The van der Waals surface area contributed by atoms with E-state index in [0.717, 1.165) is 12.8 Å². The van der Waals surface area contributed by atoms with Crippen LogP contribution in [-0.4, -0.2) is 54.3 Å². The van der Waals surface area contributed by atoms with Crippen molar-refractivity contribution in [3.05, 3.63) is 0 Å². The molecule has 0 aromatic rings. The van der Waals surface area contributed by atoms with Crippen LogP contribution >= 0.6 is 0 Å². The summed E-state index contributed by atoms with van der Waals surface area (Å²) in [4.78, 5) is 26.7. The molecular formula is C14H22N2O4S. The molecule has 1 aliphatic carbocycles. The molecule has 0 aromatic heterocycles. The Bertz CT molecular complexity index is 580. The molecule has 3 aliphatic rings. The number of nitrogens with one attached hydrogen (secondary N) is 1. The molecule has 6 nitrogen and oxygen atoms in total. The highest BCUT2D eigenvalue weighted by atomic mass is 32.2. The van der Waals surface area contributed by atoms with Crippen molar-refractivity contribution in [2.45, 2.75) is 56.5 Å². The maximum Gasteiger partial charge on any atom is 0.248 e. The minimum atomic E-state index is -3.09. The van der Waals surface area contributed by atoms with Crippen LogP contribution < -0.4 is 5.32 Å². The largest absolute Gasteiger partial charge is 0.342 e. The number of carbonyl (C=O) groups is 2. The van der Waals surface area contributed by atoms with Crippen LogP contribution in [0.1, 0.15) is 45.4 Å². The molecule has 1 spiro atoms. The number of hydrogen-bond donors (Lipinski definition) is 1. The molecule has 2 amide bonds. The number of rotatable bonds is 1. The summed E-state index contributed by atoms with van der Waals surface area (Å²) < 4.78 is 23.7. The van der Waals surface area contributed by atoms with Crippen LogP contribution in [0, 0.1) is 0 Å². The minimum absolute atomic E-state index is 0.00993. The van der Waals surface area contributed by atoms with Crippen molar-refractivity contribution >= 4 is 21.7 Å². The van der Waals surface area contributed by atoms with E-state index >= 15 is 0 Å². The normalized spacial score (nSPS) is 35.0. The maximum atomic E-state index is 13.0. The summed E-state index contributed by atoms with van der Waals surface area (Å²) in [5.74, 6) is -0.0415. The van der Waals surface area contributed by atoms with E-state index in [0.29, 0.717) is 25.8 Å². The van der Waals surface area contributed by atoms with E-state index in [1.165, 1.54) is 0 Å². The molecule has 0 bridgehead atoms. The number of nitrogens with zero attached hydrogens (tertiary/aromatic N) is 1. The Morgan fingerprint density at radius 1 is 1.14 bits per heavy atom. The van der Waals surface area contributed by atoms with Gasteiger partial charge in [0.2, 0.25) is 11.8 Å². The average molecular weight is 314 g/mol. The molecule has 1 unspecified atom stereocenters. The van der Waals surface area contributed by atoms with Gasteiger partial charge >= 0.3 is 0 Å². The van der Waals surface area contributed by atoms with Crippen molar-refractivity contribution in [3.8, 4) is 0 Å². The second-order valence-electron chi connectivity index (χ2n) is 6.88. The van der Waals surface area contributed by atoms with Crippen molar-refractivity contribution in [2.75, 3.05) is 18.1 Å². The van der Waals surface area contributed by atoms with Crippen molar-refractivity contribution in [1.29, 1.82) is 0 Å². The Morgan fingerprint density at radius 3 is 2.38 bits per heavy atom. The van der Waals surface area contributed by atoms with Gasteiger partial charge in [0.15, 0.2) is 9.84 Å². The van der Waals surface area contributed by atoms with Gasteiger partial charge in [0.05, 0.1) is 17.0 Å². The fraction of sp³-hybridized carbons (Fsp3) is 0.857. The Morgan fingerprint density at radius 2 is 1.81 bits per heavy atom. The SMILES string of the molecule is CC1(N2CCC(=O)NC3(CCCC3)C2=O)CCS(=O)(=O)C1. The molecule has 1 N–H and O–H groups in total. The third-order valence-electron chi connectivity index (χ3n) is 5.19. The zero-order valence-corrected chi connectivity index (χ0v) is 13.2. The van der Waals surface area contributed by atoms with Gasteiger partial charge in [0.25, 0.3) is 0 Å². The van der Waals surface area contributed by atoms with E-state index in [-0.39, 0.29) is 29.7 Å². The molecule has 118 valence electrons. The molecule has 1 atom stereocenters. The minimum Gasteiger partial charge on any atom is -0.342 e. The molecule has 3 rings (SSSR count). The third-order valence-corrected chi connectivity index (χ3v) is 7.07. The molecule has 7 heteroatoms. The first kappa shape index (κ1) is 14.8. The second-order valence-corrected chi connectivity index (χ2v) is 9.07. The van der Waals surface area contributed by atoms with E-state index < -0.39 is 20.9 Å². The van der Waals surface area contributed by atoms with Gasteiger partial charge in [0, 0.05) is 13.0 Å². The van der Waals surface area contributed by atoms with E-state index in [4.69, 9.17) is 0 Å². The van der Waals surface area contributed by atoms with Crippen LogP contribution in [0.2, 0.25) is 0 Å². The second kappa shape index (κ2) is 4.69. The molecule has 0 radical (unpaired) electrons. The standard InChI is InChI=1S/C14H22N2O4S/c1-13(7-9-21(19,20)10-13)16-8-4-11(17)15-14(12(16)18)5-2-3-6-14/h2-10H2,1H3,(H,15,17). The molecule has 3 fully saturated rings. The monoisotopic (exact) mass is 314 g/mol. The van der Waals surface area contributed by atoms with Gasteiger partial charge in [-0.15, -0.1) is 0 Å². The molecule has 2 saturated heterocycles. The first-order valence-corrected chi connectivity index (χ1v) is 9.42. The van der Waals surface area contributed by atoms with Crippen LogP contribution in [0.25, 0.3) is 0 Å². The number of carbonyl (C=O) groups excluding carboxylic acids is 2. The fourth-order valence-electron chi connectivity index (χ4n) is 3.99. The molecule has 0 aromatic carbocycles. The van der Waals surface area contributed by atoms with E-state index in [2.05, 4.69) is 5.32 Å². The summed E-state index contributed by atoms with van der Waals surface area (Å²) >= 11 is 0. The van der Waals surface area contributed by atoms with Gasteiger partial charge in [-0.1, -0.05) is 12.8 Å². The lowest BCUT2D eigenvalue weighted by molar-refractivity contribution is -0.143. The summed E-state index contributed by atoms with van der Waals surface area (Å²) in [5, 5.41) is 2.92. The van der Waals surface area contributed by atoms with Crippen LogP contribution in [0.3, 0.4) is 0 Å². The Labute approximate surface area is 125 Å². The van der Waals surface area contributed by atoms with Crippen molar-refractivity contribution in [2.24, 2.45) is 0 Å². The average Bonchev–Trinajstić information content (AvgIpc) is 2.92. The first-order valence-electron chi connectivity index (χ1n) is 7.60. The van der Waals surface area contributed by atoms with Crippen LogP contribution in [-0.2, 0) is 19.4 Å². The van der Waals surface area contributed by atoms with Crippen molar-refractivity contribution in [3.63, 3.8) is 0 Å². The number of hydrogen-bond acceptors (Lipinski definition) is 4. The summed E-state index contributed by atoms with van der Waals surface area (Å²) in [6.07, 6.45) is 3.89. The molecule has 1 saturated carbocycles. The van der Waals surface area contributed by atoms with Gasteiger partial charge < -0.3 is 10.2 Å². The highest BCUT2D eigenvalue weighted by Crippen LogP contribution is 2.38. The summed E-state index contributed by atoms with van der Waals surface area (Å²) in [7, 11) is -3.09. The maximum absolute atomic E-state index is 13.0. The molecule has 21 heavy (non-hydrogen) atoms. The van der Waals surface area contributed by atoms with Gasteiger partial charge in [-0.3, -0.25) is 9.59 Å². The lowest BCUT2D eigenvalue weighted by Crippen LogP contribution is -2.60. The first-order chi connectivity index (χ1) is 9.77. The Kier molecular flexibility index (Phi) is 3.31. The van der Waals surface area contributed by atoms with E-state index in [1.807, 2.05) is 6.92 Å². The van der Waals surface area contributed by atoms with E-state index in [1.54, 1.807) is 4.90 Å². The third kappa shape index (κ3) is 2.45. The lowest BCUT2D eigenvalue weighted by atomic mass is 9.91. The summed E-state index contributed by atoms with van der Waals surface area (Å²) in [6.45, 7) is 2.16. The zero-order valence-electron chi connectivity index (χ0n) is 12.4. The Balaban J connectivity index is 1.94. The summed E-state index contributed by atoms with van der Waals surface area (Å²) in [6, 6.07) is 0. The van der Waals surface area contributed by atoms with Gasteiger partial charge in [-0.05, 0) is 26.2 Å². The van der Waals surface area contributed by atoms with Crippen LogP contribution in [0.15, 0.2) is 0 Å². The van der Waals surface area contributed by atoms with Gasteiger partial charge in [-0.25, -0.2) is 8.42 Å². The van der Waals surface area contributed by atoms with Crippen molar-refractivity contribution < 1.29 is 18.0 Å². The smallest absolute Gasteiger partial charge is 0.248 e. The topological polar surface area (TPSA) is 83.6 Å². The molecule has 2 aliphatic heterocycles. The summed E-state index contributed by atoms with van der Waals surface area (Å²) in [5.41, 5.74) is -1.46. The quantitative estimate of drug-likeness (QED) is 0.751. The van der Waals surface area contributed by atoms with Crippen LogP contribution in [0.5, 0.6) is 0 Å². The van der Waals surface area contributed by atoms with Crippen LogP contribution in [0.4, 0.5) is 0 Å². The Hall–Kier alpha value is -1.11. The fourth-order valence-corrected chi connectivity index (χ4v) is 6.14. The van der Waals surface area contributed by atoms with Gasteiger partial charge in [0.1, 0.15) is 5.54 Å². The lowest BCUT2D eigenvalue weighted by Gasteiger charge is -2.41. The predicted molar refractivity (Wildman–Crippen MR) is 77.3 cm³/mol. The van der Waals surface area contributed by atoms with E-state index in [9.17, 15) is 18.0 Å². The van der Waals surface area contributed by atoms with Gasteiger partial charge in [-0.2, -0.15) is 0 Å². The number of sulfone groups is 1. The molecule has 2 heterocycles. The molecular weight excluding hydrogens is 292 g/mol. The zero-order chi connectivity index (χ0) is 15.3. The highest BCUT2D eigenvalue weighted by Gasteiger charge is 2.53.